The van der Waals surface area contributed by atoms with Crippen molar-refractivity contribution in [1.82, 2.24) is 14.8 Å². The SMILES string of the molecule is COCCn1ncc(Br)c1C(N)c1cnccc1C. The van der Waals surface area contributed by atoms with Gasteiger partial charge in [0, 0.05) is 19.5 Å². The first kappa shape index (κ1) is 14.2. The minimum Gasteiger partial charge on any atom is -0.383 e. The molecule has 102 valence electrons. The van der Waals surface area contributed by atoms with Gasteiger partial charge in [-0.1, -0.05) is 0 Å². The van der Waals surface area contributed by atoms with Crippen LogP contribution in [0.3, 0.4) is 0 Å². The van der Waals surface area contributed by atoms with E-state index in [-0.39, 0.29) is 6.04 Å². The summed E-state index contributed by atoms with van der Waals surface area (Å²) < 4.78 is 7.86. The zero-order chi connectivity index (χ0) is 13.8. The second-order valence-electron chi connectivity index (χ2n) is 4.30. The summed E-state index contributed by atoms with van der Waals surface area (Å²) in [7, 11) is 1.67. The lowest BCUT2D eigenvalue weighted by Crippen LogP contribution is -2.20. The average molecular weight is 325 g/mol. The number of nitrogens with zero attached hydrogens (tertiary/aromatic N) is 3. The number of aromatic nitrogens is 3. The molecule has 0 aromatic carbocycles. The van der Waals surface area contributed by atoms with E-state index in [1.807, 2.05) is 17.7 Å². The van der Waals surface area contributed by atoms with Crippen LogP contribution >= 0.6 is 15.9 Å². The van der Waals surface area contributed by atoms with E-state index in [0.717, 1.165) is 21.3 Å². The Morgan fingerprint density at radius 2 is 2.26 bits per heavy atom. The zero-order valence-corrected chi connectivity index (χ0v) is 12.6. The zero-order valence-electron chi connectivity index (χ0n) is 11.0. The van der Waals surface area contributed by atoms with Crippen molar-refractivity contribution >= 4 is 15.9 Å². The van der Waals surface area contributed by atoms with Crippen LogP contribution in [0.15, 0.2) is 29.1 Å². The van der Waals surface area contributed by atoms with E-state index in [1.165, 1.54) is 0 Å². The topological polar surface area (TPSA) is 66.0 Å². The standard InChI is InChI=1S/C13H17BrN4O/c1-9-3-4-16-7-10(9)12(15)13-11(14)8-17-18(13)5-6-19-2/h3-4,7-8,12H,5-6,15H2,1-2H3. The van der Waals surface area contributed by atoms with Gasteiger partial charge in [0.2, 0.25) is 0 Å². The van der Waals surface area contributed by atoms with Crippen molar-refractivity contribution < 1.29 is 4.74 Å². The first-order valence-corrected chi connectivity index (χ1v) is 6.80. The van der Waals surface area contributed by atoms with Gasteiger partial charge in [-0.2, -0.15) is 5.10 Å². The van der Waals surface area contributed by atoms with Gasteiger partial charge in [0.25, 0.3) is 0 Å². The number of ether oxygens (including phenoxy) is 1. The third-order valence-electron chi connectivity index (χ3n) is 3.05. The van der Waals surface area contributed by atoms with Crippen molar-refractivity contribution in [3.63, 3.8) is 0 Å². The monoisotopic (exact) mass is 324 g/mol. The van der Waals surface area contributed by atoms with E-state index in [1.54, 1.807) is 25.7 Å². The Bertz CT molecular complexity index is 555. The molecule has 0 bridgehead atoms. The summed E-state index contributed by atoms with van der Waals surface area (Å²) in [6.45, 7) is 3.30. The summed E-state index contributed by atoms with van der Waals surface area (Å²) in [5.74, 6) is 0. The molecule has 0 saturated carbocycles. The maximum Gasteiger partial charge on any atom is 0.0752 e. The number of pyridine rings is 1. The maximum atomic E-state index is 6.36. The van der Waals surface area contributed by atoms with Gasteiger partial charge >= 0.3 is 0 Å². The molecule has 0 radical (unpaired) electrons. The van der Waals surface area contributed by atoms with Crippen LogP contribution in [0.25, 0.3) is 0 Å². The largest absolute Gasteiger partial charge is 0.383 e. The average Bonchev–Trinajstić information content (AvgIpc) is 2.77. The Morgan fingerprint density at radius 1 is 1.47 bits per heavy atom. The van der Waals surface area contributed by atoms with Crippen molar-refractivity contribution in [2.75, 3.05) is 13.7 Å². The highest BCUT2D eigenvalue weighted by molar-refractivity contribution is 9.10. The Labute approximate surface area is 120 Å². The summed E-state index contributed by atoms with van der Waals surface area (Å²) in [5.41, 5.74) is 9.42. The lowest BCUT2D eigenvalue weighted by atomic mass is 10.0. The lowest BCUT2D eigenvalue weighted by Gasteiger charge is -2.17. The summed E-state index contributed by atoms with van der Waals surface area (Å²) in [4.78, 5) is 4.15. The maximum absolute atomic E-state index is 6.36. The number of hydrogen-bond acceptors (Lipinski definition) is 4. The summed E-state index contributed by atoms with van der Waals surface area (Å²) in [5, 5.41) is 4.32. The van der Waals surface area contributed by atoms with E-state index in [9.17, 15) is 0 Å². The molecule has 6 heteroatoms. The predicted octanol–water partition coefficient (Wildman–Crippen LogP) is 2.04. The molecule has 1 atom stereocenters. The highest BCUT2D eigenvalue weighted by Gasteiger charge is 2.19. The van der Waals surface area contributed by atoms with Crippen LogP contribution in [0.2, 0.25) is 0 Å². The van der Waals surface area contributed by atoms with Crippen LogP contribution in [0.4, 0.5) is 0 Å². The third-order valence-corrected chi connectivity index (χ3v) is 3.66. The highest BCUT2D eigenvalue weighted by Crippen LogP contribution is 2.27. The van der Waals surface area contributed by atoms with Crippen LogP contribution in [-0.4, -0.2) is 28.5 Å². The van der Waals surface area contributed by atoms with Gasteiger partial charge in [0.05, 0.1) is 35.6 Å². The summed E-state index contributed by atoms with van der Waals surface area (Å²) in [6, 6.07) is 1.70. The van der Waals surface area contributed by atoms with Crippen LogP contribution in [-0.2, 0) is 11.3 Å². The molecule has 5 nitrogen and oxygen atoms in total. The number of nitrogens with two attached hydrogens (primary N) is 1. The van der Waals surface area contributed by atoms with Gasteiger partial charge in [0.15, 0.2) is 0 Å². The second-order valence-corrected chi connectivity index (χ2v) is 5.16. The molecule has 2 N–H and O–H groups in total. The van der Waals surface area contributed by atoms with Crippen LogP contribution in [0.1, 0.15) is 22.9 Å². The quantitative estimate of drug-likeness (QED) is 0.914. The fraction of sp³-hybridized carbons (Fsp3) is 0.385. The summed E-state index contributed by atoms with van der Waals surface area (Å²) in [6.07, 6.45) is 5.33. The Balaban J connectivity index is 2.35. The minimum atomic E-state index is -0.262. The lowest BCUT2D eigenvalue weighted by molar-refractivity contribution is 0.182. The first-order valence-electron chi connectivity index (χ1n) is 6.01. The van der Waals surface area contributed by atoms with Gasteiger partial charge in [-0.3, -0.25) is 9.67 Å². The Kier molecular flexibility index (Phi) is 4.68. The van der Waals surface area contributed by atoms with Crippen molar-refractivity contribution in [3.05, 3.63) is 46.0 Å². The van der Waals surface area contributed by atoms with Crippen LogP contribution < -0.4 is 5.73 Å². The van der Waals surface area contributed by atoms with Gasteiger partial charge in [0.1, 0.15) is 0 Å². The molecule has 0 saturated heterocycles. The van der Waals surface area contributed by atoms with Gasteiger partial charge in [-0.05, 0) is 40.0 Å². The van der Waals surface area contributed by atoms with E-state index in [4.69, 9.17) is 10.5 Å². The molecule has 0 aliphatic carbocycles. The number of halogens is 1. The molecule has 2 aromatic heterocycles. The Hall–Kier alpha value is -1.24. The molecular formula is C13H17BrN4O. The minimum absolute atomic E-state index is 0.262. The van der Waals surface area contributed by atoms with Gasteiger partial charge < -0.3 is 10.5 Å². The first-order chi connectivity index (χ1) is 9.15. The molecule has 0 amide bonds. The molecule has 2 rings (SSSR count). The third kappa shape index (κ3) is 3.02. The molecule has 0 aliphatic rings. The fourth-order valence-corrected chi connectivity index (χ4v) is 2.53. The van der Waals surface area contributed by atoms with Crippen molar-refractivity contribution in [3.8, 4) is 0 Å². The van der Waals surface area contributed by atoms with Crippen molar-refractivity contribution in [2.24, 2.45) is 5.73 Å². The molecule has 2 aromatic rings. The van der Waals surface area contributed by atoms with E-state index < -0.39 is 0 Å². The van der Waals surface area contributed by atoms with Crippen LogP contribution in [0.5, 0.6) is 0 Å². The molecule has 1 unspecified atom stereocenters. The molecular weight excluding hydrogens is 308 g/mol. The van der Waals surface area contributed by atoms with Crippen LogP contribution in [0, 0.1) is 6.92 Å². The molecule has 19 heavy (non-hydrogen) atoms. The van der Waals surface area contributed by atoms with E-state index in [0.29, 0.717) is 13.2 Å². The van der Waals surface area contributed by atoms with Crippen molar-refractivity contribution in [2.45, 2.75) is 19.5 Å². The number of rotatable bonds is 5. The molecule has 0 aliphatic heterocycles. The number of methoxy groups -OCH3 is 1. The van der Waals surface area contributed by atoms with Gasteiger partial charge in [-0.15, -0.1) is 0 Å². The predicted molar refractivity (Wildman–Crippen MR) is 76.8 cm³/mol. The fourth-order valence-electron chi connectivity index (χ4n) is 1.99. The number of hydrogen-bond donors (Lipinski definition) is 1. The highest BCUT2D eigenvalue weighted by atomic mass is 79.9. The van der Waals surface area contributed by atoms with Gasteiger partial charge in [-0.25, -0.2) is 0 Å². The molecule has 0 fully saturated rings. The Morgan fingerprint density at radius 3 is 2.95 bits per heavy atom. The van der Waals surface area contributed by atoms with Crippen molar-refractivity contribution in [1.29, 1.82) is 0 Å². The van der Waals surface area contributed by atoms with E-state index in [2.05, 4.69) is 26.0 Å². The summed E-state index contributed by atoms with van der Waals surface area (Å²) >= 11 is 3.51. The second kappa shape index (κ2) is 6.27. The smallest absolute Gasteiger partial charge is 0.0752 e. The van der Waals surface area contributed by atoms with E-state index >= 15 is 0 Å². The number of aryl methyl sites for hydroxylation is 1. The molecule has 0 spiro atoms. The molecule has 2 heterocycles. The normalized spacial score (nSPS) is 12.6.